The minimum absolute atomic E-state index is 0.270. The molecule has 2 rings (SSSR count). The molecule has 0 radical (unpaired) electrons. The molecule has 0 unspecified atom stereocenters. The van der Waals surface area contributed by atoms with Gasteiger partial charge in [0.2, 0.25) is 5.88 Å². The number of benzene rings is 1. The summed E-state index contributed by atoms with van der Waals surface area (Å²) in [4.78, 5) is 3.98. The first kappa shape index (κ1) is 13.2. The zero-order valence-electron chi connectivity index (χ0n) is 8.82. The largest absolute Gasteiger partial charge is 0.437 e. The second-order valence-corrected chi connectivity index (χ2v) is 4.94. The molecule has 0 bridgehead atoms. The maximum Gasteiger partial charge on any atom is 0.220 e. The van der Waals surface area contributed by atoms with Crippen molar-refractivity contribution in [2.75, 3.05) is 0 Å². The number of pyridine rings is 1. The Balaban J connectivity index is 2.34. The first-order chi connectivity index (χ1) is 8.60. The highest BCUT2D eigenvalue weighted by Crippen LogP contribution is 2.36. The van der Waals surface area contributed by atoms with Crippen molar-refractivity contribution in [3.05, 3.63) is 50.5 Å². The Morgan fingerprint density at radius 1 is 1.22 bits per heavy atom. The molecule has 0 atom stereocenters. The zero-order chi connectivity index (χ0) is 13.1. The van der Waals surface area contributed by atoms with E-state index in [1.165, 1.54) is 0 Å². The standard InChI is InChI=1S/C12H5BrCl2N2O/c13-8-4-10(15)11(5-9(8)14)18-12-3-1-2-7(6-16)17-12/h1-5H. The molecule has 0 aliphatic carbocycles. The Kier molecular flexibility index (Phi) is 4.07. The number of halogens is 3. The molecule has 1 aromatic carbocycles. The van der Waals surface area contributed by atoms with Gasteiger partial charge in [-0.25, -0.2) is 4.98 Å². The molecule has 0 spiro atoms. The highest BCUT2D eigenvalue weighted by Gasteiger charge is 2.08. The van der Waals surface area contributed by atoms with Gasteiger partial charge in [-0.3, -0.25) is 0 Å². The van der Waals surface area contributed by atoms with Crippen LogP contribution < -0.4 is 4.74 Å². The van der Waals surface area contributed by atoms with Crippen molar-refractivity contribution in [3.63, 3.8) is 0 Å². The third-order valence-corrected chi connectivity index (χ3v) is 3.52. The molecular weight excluding hydrogens is 339 g/mol. The van der Waals surface area contributed by atoms with Gasteiger partial charge in [-0.15, -0.1) is 0 Å². The van der Waals surface area contributed by atoms with E-state index in [1.807, 2.05) is 6.07 Å². The topological polar surface area (TPSA) is 45.9 Å². The molecule has 0 aliphatic rings. The van der Waals surface area contributed by atoms with Gasteiger partial charge < -0.3 is 4.74 Å². The van der Waals surface area contributed by atoms with Crippen LogP contribution in [0.25, 0.3) is 0 Å². The smallest absolute Gasteiger partial charge is 0.220 e. The van der Waals surface area contributed by atoms with Crippen molar-refractivity contribution in [1.82, 2.24) is 4.98 Å². The molecular formula is C12H5BrCl2N2O. The van der Waals surface area contributed by atoms with Crippen LogP contribution in [0, 0.1) is 11.3 Å². The molecule has 0 aliphatic heterocycles. The summed E-state index contributed by atoms with van der Waals surface area (Å²) in [5.41, 5.74) is 0.270. The molecule has 0 saturated heterocycles. The Morgan fingerprint density at radius 3 is 2.72 bits per heavy atom. The second-order valence-electron chi connectivity index (χ2n) is 3.27. The van der Waals surface area contributed by atoms with Crippen LogP contribution in [0.1, 0.15) is 5.69 Å². The van der Waals surface area contributed by atoms with E-state index in [2.05, 4.69) is 20.9 Å². The third-order valence-electron chi connectivity index (χ3n) is 2.03. The van der Waals surface area contributed by atoms with Gasteiger partial charge in [0, 0.05) is 16.6 Å². The zero-order valence-corrected chi connectivity index (χ0v) is 11.9. The fourth-order valence-corrected chi connectivity index (χ4v) is 2.06. The van der Waals surface area contributed by atoms with E-state index in [-0.39, 0.29) is 11.6 Å². The molecule has 0 N–H and O–H groups in total. The minimum Gasteiger partial charge on any atom is -0.437 e. The van der Waals surface area contributed by atoms with Gasteiger partial charge in [-0.05, 0) is 28.1 Å². The van der Waals surface area contributed by atoms with E-state index >= 15 is 0 Å². The van der Waals surface area contributed by atoms with E-state index in [9.17, 15) is 0 Å². The minimum atomic E-state index is 0.270. The lowest BCUT2D eigenvalue weighted by Crippen LogP contribution is -1.91. The van der Waals surface area contributed by atoms with Crippen LogP contribution in [0.4, 0.5) is 0 Å². The molecule has 6 heteroatoms. The summed E-state index contributed by atoms with van der Waals surface area (Å²) >= 11 is 15.2. The molecule has 2 aromatic rings. The van der Waals surface area contributed by atoms with E-state index in [1.54, 1.807) is 30.3 Å². The van der Waals surface area contributed by atoms with Gasteiger partial charge >= 0.3 is 0 Å². The SMILES string of the molecule is N#Cc1cccc(Oc2cc(Cl)c(Br)cc2Cl)n1. The molecule has 18 heavy (non-hydrogen) atoms. The molecule has 0 saturated carbocycles. The molecule has 0 amide bonds. The second kappa shape index (κ2) is 5.57. The summed E-state index contributed by atoms with van der Waals surface area (Å²) in [6.45, 7) is 0. The van der Waals surface area contributed by atoms with Gasteiger partial charge in [-0.1, -0.05) is 29.3 Å². The summed E-state index contributed by atoms with van der Waals surface area (Å²) in [5, 5.41) is 9.62. The normalized spacial score (nSPS) is 9.89. The van der Waals surface area contributed by atoms with Crippen LogP contribution in [0.5, 0.6) is 11.6 Å². The van der Waals surface area contributed by atoms with Crippen LogP contribution in [0.2, 0.25) is 10.0 Å². The highest BCUT2D eigenvalue weighted by molar-refractivity contribution is 9.10. The van der Waals surface area contributed by atoms with Crippen molar-refractivity contribution in [2.24, 2.45) is 0 Å². The van der Waals surface area contributed by atoms with E-state index in [4.69, 9.17) is 33.2 Å². The fraction of sp³-hybridized carbons (Fsp3) is 0. The molecule has 1 aromatic heterocycles. The lowest BCUT2D eigenvalue weighted by Gasteiger charge is -2.08. The number of ether oxygens (including phenoxy) is 1. The van der Waals surface area contributed by atoms with Crippen molar-refractivity contribution in [2.45, 2.75) is 0 Å². The fourth-order valence-electron chi connectivity index (χ4n) is 1.23. The predicted molar refractivity (Wildman–Crippen MR) is 73.2 cm³/mol. The number of nitriles is 1. The monoisotopic (exact) mass is 342 g/mol. The lowest BCUT2D eigenvalue weighted by molar-refractivity contribution is 0.462. The van der Waals surface area contributed by atoms with Gasteiger partial charge in [-0.2, -0.15) is 5.26 Å². The van der Waals surface area contributed by atoms with Gasteiger partial charge in [0.05, 0.1) is 10.0 Å². The number of aromatic nitrogens is 1. The molecule has 0 fully saturated rings. The molecule has 3 nitrogen and oxygen atoms in total. The Hall–Kier alpha value is -1.28. The first-order valence-electron chi connectivity index (χ1n) is 4.79. The molecule has 90 valence electrons. The van der Waals surface area contributed by atoms with Crippen molar-refractivity contribution < 1.29 is 4.74 Å². The summed E-state index contributed by atoms with van der Waals surface area (Å²) in [7, 11) is 0. The first-order valence-corrected chi connectivity index (χ1v) is 6.34. The van der Waals surface area contributed by atoms with Gasteiger partial charge in [0.15, 0.2) is 0 Å². The summed E-state index contributed by atoms with van der Waals surface area (Å²) in [6, 6.07) is 10.0. The van der Waals surface area contributed by atoms with E-state index in [0.717, 1.165) is 0 Å². The van der Waals surface area contributed by atoms with Crippen molar-refractivity contribution >= 4 is 39.1 Å². The van der Waals surface area contributed by atoms with Gasteiger partial charge in [0.25, 0.3) is 0 Å². The Bertz CT molecular complexity index is 640. The maximum atomic E-state index is 8.74. The third kappa shape index (κ3) is 2.94. The summed E-state index contributed by atoms with van der Waals surface area (Å²) in [5.74, 6) is 0.668. The van der Waals surface area contributed by atoms with Crippen LogP contribution in [0.15, 0.2) is 34.8 Å². The quantitative estimate of drug-likeness (QED) is 0.734. The van der Waals surface area contributed by atoms with Crippen LogP contribution >= 0.6 is 39.1 Å². The van der Waals surface area contributed by atoms with Crippen molar-refractivity contribution in [3.8, 4) is 17.7 Å². The lowest BCUT2D eigenvalue weighted by atomic mass is 10.3. The Labute approximate surface area is 122 Å². The maximum absolute atomic E-state index is 8.74. The molecule has 1 heterocycles. The van der Waals surface area contributed by atoms with Crippen molar-refractivity contribution in [1.29, 1.82) is 5.26 Å². The Morgan fingerprint density at radius 2 is 2.00 bits per heavy atom. The predicted octanol–water partition coefficient (Wildman–Crippen LogP) is 4.81. The highest BCUT2D eigenvalue weighted by atomic mass is 79.9. The number of hydrogen-bond donors (Lipinski definition) is 0. The van der Waals surface area contributed by atoms with Crippen LogP contribution in [-0.4, -0.2) is 4.98 Å². The number of rotatable bonds is 2. The summed E-state index contributed by atoms with van der Waals surface area (Å²) < 4.78 is 6.17. The average Bonchev–Trinajstić information content (AvgIpc) is 2.36. The van der Waals surface area contributed by atoms with E-state index in [0.29, 0.717) is 20.3 Å². The van der Waals surface area contributed by atoms with Gasteiger partial charge in [0.1, 0.15) is 17.5 Å². The average molecular weight is 344 g/mol. The number of nitrogens with zero attached hydrogens (tertiary/aromatic N) is 2. The van der Waals surface area contributed by atoms with E-state index < -0.39 is 0 Å². The van der Waals surface area contributed by atoms with Crippen LogP contribution in [-0.2, 0) is 0 Å². The number of hydrogen-bond acceptors (Lipinski definition) is 3. The summed E-state index contributed by atoms with van der Waals surface area (Å²) in [6.07, 6.45) is 0. The van der Waals surface area contributed by atoms with Crippen LogP contribution in [0.3, 0.4) is 0 Å².